The third kappa shape index (κ3) is 7.53. The number of aryl methyl sites for hydroxylation is 12. The summed E-state index contributed by atoms with van der Waals surface area (Å²) in [4.78, 5) is 21.8. The zero-order valence-electron chi connectivity index (χ0n) is 37.0. The van der Waals surface area contributed by atoms with Crippen molar-refractivity contribution in [3.63, 3.8) is 0 Å². The molecule has 5 aliphatic rings. The van der Waals surface area contributed by atoms with E-state index in [0.717, 1.165) is 73.5 Å². The van der Waals surface area contributed by atoms with Gasteiger partial charge in [0.15, 0.2) is 0 Å². The Bertz CT molecular complexity index is 2970. The van der Waals surface area contributed by atoms with Gasteiger partial charge >= 0.3 is 23.1 Å². The first-order valence-corrected chi connectivity index (χ1v) is 21.0. The van der Waals surface area contributed by atoms with E-state index < -0.39 is 0 Å². The second kappa shape index (κ2) is 15.9. The molecular weight excluding hydrogens is 753 g/mol. The fraction of sp³-hybridized carbons (Fsp3) is 0.214. The molecule has 4 aromatic carbocycles. The molecule has 8 bridgehead atoms. The lowest BCUT2D eigenvalue weighted by molar-refractivity contribution is 1.27. The molecule has 0 unspecified atom stereocenters. The highest BCUT2D eigenvalue weighted by atomic mass is 24.3. The summed E-state index contributed by atoms with van der Waals surface area (Å²) < 4.78 is 0. The molecule has 5 aliphatic heterocycles. The first-order valence-electron chi connectivity index (χ1n) is 21.0. The van der Waals surface area contributed by atoms with Crippen LogP contribution >= 0.6 is 0 Å². The topological polar surface area (TPSA) is 49.4 Å². The predicted molar refractivity (Wildman–Crippen MR) is 265 cm³/mol. The molecule has 0 spiro atoms. The maximum atomic E-state index is 5.93. The minimum atomic E-state index is 0. The number of fused-ring (bicyclic) bond motifs is 4. The molecule has 0 amide bonds. The third-order valence-electron chi connectivity index (χ3n) is 12.2. The van der Waals surface area contributed by atoms with E-state index in [0.29, 0.717) is 0 Å². The predicted octanol–water partition coefficient (Wildman–Crippen LogP) is 12.5. The van der Waals surface area contributed by atoms with Crippen molar-refractivity contribution in [3.05, 3.63) is 209 Å². The van der Waals surface area contributed by atoms with E-state index in [-0.39, 0.29) is 23.1 Å². The number of rotatable bonds is 4. The molecule has 300 valence electrons. The van der Waals surface area contributed by atoms with Crippen molar-refractivity contribution in [2.24, 2.45) is 20.0 Å². The van der Waals surface area contributed by atoms with Crippen LogP contribution in [0.5, 0.6) is 0 Å². The van der Waals surface area contributed by atoms with Gasteiger partial charge in [-0.05, 0) is 198 Å². The van der Waals surface area contributed by atoms with Crippen molar-refractivity contribution in [3.8, 4) is 0 Å². The average Bonchev–Trinajstić information content (AvgIpc) is 3.94. The van der Waals surface area contributed by atoms with Crippen LogP contribution in [0.15, 0.2) is 140 Å². The van der Waals surface area contributed by atoms with Gasteiger partial charge in [0.2, 0.25) is 0 Å². The highest BCUT2D eigenvalue weighted by molar-refractivity contribution is 6.51. The Kier molecular flexibility index (Phi) is 11.0. The monoisotopic (exact) mass is 806 g/mol. The van der Waals surface area contributed by atoms with E-state index in [1.54, 1.807) is 0 Å². The molecule has 5 heteroatoms. The van der Waals surface area contributed by atoms with Crippen LogP contribution in [0.25, 0.3) is 22.3 Å². The maximum absolute atomic E-state index is 5.93. The standard InChI is InChI=1S/C56H52N4.Mg.2H/c1-29-17-33(5)48(34(6)18-29)46-27-45-26-43-14-13-41(57-43)25-42-15-16-44(58-42)28-47-52(49-35(7)19-30(2)20-36(49)8)53(50-37(9)21-31(3)22-38(50)10)56(60-47)54(55(46)59-45)51-39(11)23-32(4)24-40(51)12;;;/h13-28H,1-12H3;;;. The fourth-order valence-electron chi connectivity index (χ4n) is 10.4. The highest BCUT2D eigenvalue weighted by Gasteiger charge is 2.36. The van der Waals surface area contributed by atoms with Crippen LogP contribution in [-0.2, 0) is 0 Å². The van der Waals surface area contributed by atoms with Crippen LogP contribution in [0.4, 0.5) is 0 Å². The Morgan fingerprint density at radius 3 is 1.16 bits per heavy atom. The van der Waals surface area contributed by atoms with E-state index >= 15 is 0 Å². The molecule has 0 radical (unpaired) electrons. The molecular formula is C56H54MgN4. The molecule has 0 atom stereocenters. The smallest absolute Gasteiger partial charge is 0.249 e. The van der Waals surface area contributed by atoms with Crippen LogP contribution < -0.4 is 0 Å². The normalized spacial score (nSPS) is 16.6. The summed E-state index contributed by atoms with van der Waals surface area (Å²) in [6.45, 7) is 26.7. The molecule has 0 aliphatic carbocycles. The van der Waals surface area contributed by atoms with Gasteiger partial charge in [-0.25, -0.2) is 20.0 Å². The first-order chi connectivity index (χ1) is 28.6. The van der Waals surface area contributed by atoms with Gasteiger partial charge in [0.05, 0.1) is 45.6 Å². The molecule has 9 rings (SSSR count). The van der Waals surface area contributed by atoms with Crippen LogP contribution in [0.2, 0.25) is 0 Å². The molecule has 0 saturated carbocycles. The molecule has 5 heterocycles. The lowest BCUT2D eigenvalue weighted by Gasteiger charge is -2.24. The SMILES string of the molecule is Cc1cc(C)c(C2=CC3=CC4=NC(=CC5=NC(=CC6=NC(=C(c7c(C)cc(C)cc7C)C2=N3)C(c2c(C)cc(C)cc2C)=C6c2c(C)cc(C)cc2C)C=C5)C=C4)c(C)c1.[MgH2]. The number of aliphatic imine (C=N–C) groups is 4. The molecule has 4 nitrogen and oxygen atoms in total. The van der Waals surface area contributed by atoms with Gasteiger partial charge in [-0.15, -0.1) is 0 Å². The molecule has 61 heavy (non-hydrogen) atoms. The summed E-state index contributed by atoms with van der Waals surface area (Å²) in [5.41, 5.74) is 30.8. The maximum Gasteiger partial charge on any atom is 0.316 e. The molecule has 4 aromatic rings. The number of benzene rings is 4. The van der Waals surface area contributed by atoms with Crippen molar-refractivity contribution < 1.29 is 0 Å². The highest BCUT2D eigenvalue weighted by Crippen LogP contribution is 2.50. The second-order valence-electron chi connectivity index (χ2n) is 17.5. The minimum absolute atomic E-state index is 0. The molecule has 0 fully saturated rings. The number of hydrogen-bond acceptors (Lipinski definition) is 4. The van der Waals surface area contributed by atoms with Crippen LogP contribution in [0.1, 0.15) is 89.0 Å². The zero-order chi connectivity index (χ0) is 42.3. The molecule has 0 saturated heterocycles. The lowest BCUT2D eigenvalue weighted by atomic mass is 9.79. The van der Waals surface area contributed by atoms with E-state index in [2.05, 4.69) is 174 Å². The van der Waals surface area contributed by atoms with Crippen molar-refractivity contribution >= 4 is 68.2 Å². The van der Waals surface area contributed by atoms with Gasteiger partial charge in [-0.2, -0.15) is 0 Å². The largest absolute Gasteiger partial charge is 0.316 e. The first kappa shape index (κ1) is 42.0. The average molecular weight is 807 g/mol. The quantitative estimate of drug-likeness (QED) is 0.185. The number of hydrogen-bond donors (Lipinski definition) is 0. The number of nitrogens with zero attached hydrogens (tertiary/aromatic N) is 4. The van der Waals surface area contributed by atoms with Crippen LogP contribution in [0, 0.1) is 83.1 Å². The van der Waals surface area contributed by atoms with E-state index in [1.807, 2.05) is 6.08 Å². The number of allylic oxidation sites excluding steroid dienone is 12. The Hall–Kier alpha value is -5.75. The lowest BCUT2D eigenvalue weighted by Crippen LogP contribution is -2.12. The van der Waals surface area contributed by atoms with Crippen LogP contribution in [-0.4, -0.2) is 45.9 Å². The van der Waals surface area contributed by atoms with Gasteiger partial charge in [0, 0.05) is 22.3 Å². The van der Waals surface area contributed by atoms with Gasteiger partial charge in [0.1, 0.15) is 0 Å². The molecule has 0 N–H and O–H groups in total. The second-order valence-corrected chi connectivity index (χ2v) is 17.5. The van der Waals surface area contributed by atoms with Gasteiger partial charge < -0.3 is 0 Å². The van der Waals surface area contributed by atoms with Gasteiger partial charge in [-0.3, -0.25) is 0 Å². The van der Waals surface area contributed by atoms with Gasteiger partial charge in [0.25, 0.3) is 0 Å². The van der Waals surface area contributed by atoms with Crippen molar-refractivity contribution in [1.29, 1.82) is 0 Å². The summed E-state index contributed by atoms with van der Waals surface area (Å²) in [7, 11) is 0. The minimum Gasteiger partial charge on any atom is -0.249 e. The summed E-state index contributed by atoms with van der Waals surface area (Å²) in [5.74, 6) is 0. The van der Waals surface area contributed by atoms with Crippen molar-refractivity contribution in [1.82, 2.24) is 0 Å². The molecule has 0 aromatic heterocycles. The Labute approximate surface area is 378 Å². The zero-order valence-corrected chi connectivity index (χ0v) is 37.0. The van der Waals surface area contributed by atoms with Crippen molar-refractivity contribution in [2.45, 2.75) is 83.1 Å². The van der Waals surface area contributed by atoms with Crippen LogP contribution in [0.3, 0.4) is 0 Å². The van der Waals surface area contributed by atoms with Crippen molar-refractivity contribution in [2.75, 3.05) is 0 Å². The summed E-state index contributed by atoms with van der Waals surface area (Å²) >= 11 is 0. The van der Waals surface area contributed by atoms with E-state index in [1.165, 1.54) is 83.5 Å². The van der Waals surface area contributed by atoms with Gasteiger partial charge in [-0.1, -0.05) is 70.8 Å². The Morgan fingerprint density at radius 2 is 0.705 bits per heavy atom. The summed E-state index contributed by atoms with van der Waals surface area (Å²) in [6, 6.07) is 18.5. The summed E-state index contributed by atoms with van der Waals surface area (Å²) in [5, 5.41) is 0. The van der Waals surface area contributed by atoms with E-state index in [9.17, 15) is 0 Å². The Balaban J connectivity index is 0.00000514. The van der Waals surface area contributed by atoms with E-state index in [4.69, 9.17) is 20.0 Å². The summed E-state index contributed by atoms with van der Waals surface area (Å²) in [6.07, 6.45) is 16.9. The fourth-order valence-corrected chi connectivity index (χ4v) is 10.4. The third-order valence-corrected chi connectivity index (χ3v) is 12.2. The Morgan fingerprint density at radius 1 is 0.328 bits per heavy atom.